The van der Waals surface area contributed by atoms with Gasteiger partial charge in [-0.1, -0.05) is 18.1 Å². The van der Waals surface area contributed by atoms with Gasteiger partial charge in [-0.25, -0.2) is 13.4 Å². The van der Waals surface area contributed by atoms with Gasteiger partial charge >= 0.3 is 0 Å². The van der Waals surface area contributed by atoms with E-state index in [0.717, 1.165) is 11.0 Å². The third kappa shape index (κ3) is 3.68. The van der Waals surface area contributed by atoms with Crippen LogP contribution in [0.4, 0.5) is 5.95 Å². The number of benzene rings is 2. The Morgan fingerprint density at radius 3 is 2.56 bits per heavy atom. The van der Waals surface area contributed by atoms with Gasteiger partial charge in [-0.3, -0.25) is 10.1 Å². The van der Waals surface area contributed by atoms with E-state index < -0.39 is 15.9 Å². The number of rotatable bonds is 5. The third-order valence-electron chi connectivity index (χ3n) is 3.41. The van der Waals surface area contributed by atoms with Gasteiger partial charge in [0, 0.05) is 5.56 Å². The molecule has 0 aliphatic heterocycles. The molecule has 2 aromatic carbocycles. The summed E-state index contributed by atoms with van der Waals surface area (Å²) in [6, 6.07) is 12.9. The Bertz CT molecular complexity index is 1030. The Morgan fingerprint density at radius 1 is 1.16 bits per heavy atom. The Labute approximate surface area is 144 Å². The minimum atomic E-state index is -3.68. The first kappa shape index (κ1) is 16.7. The first-order chi connectivity index (χ1) is 12.0. The van der Waals surface area contributed by atoms with E-state index >= 15 is 0 Å². The maximum atomic E-state index is 12.3. The second kappa shape index (κ2) is 6.76. The van der Waals surface area contributed by atoms with Gasteiger partial charge in [0.15, 0.2) is 0 Å². The van der Waals surface area contributed by atoms with Crippen molar-refractivity contribution in [2.45, 2.75) is 4.90 Å². The van der Waals surface area contributed by atoms with Crippen LogP contribution in [0.1, 0.15) is 10.4 Å². The van der Waals surface area contributed by atoms with Crippen molar-refractivity contribution in [2.75, 3.05) is 11.9 Å². The van der Waals surface area contributed by atoms with Crippen molar-refractivity contribution in [1.29, 1.82) is 0 Å². The van der Waals surface area contributed by atoms with Crippen LogP contribution in [0.2, 0.25) is 0 Å². The molecule has 0 fully saturated rings. The van der Waals surface area contributed by atoms with Crippen LogP contribution in [0, 0.1) is 12.3 Å². The second-order valence-corrected chi connectivity index (χ2v) is 6.88. The second-order valence-electron chi connectivity index (χ2n) is 5.11. The predicted octanol–water partition coefficient (Wildman–Crippen LogP) is 1.73. The summed E-state index contributed by atoms with van der Waals surface area (Å²) in [5.41, 5.74) is 1.84. The fourth-order valence-corrected chi connectivity index (χ4v) is 3.13. The lowest BCUT2D eigenvalue weighted by molar-refractivity contribution is 0.102. The summed E-state index contributed by atoms with van der Waals surface area (Å²) in [7, 11) is -3.68. The predicted molar refractivity (Wildman–Crippen MR) is 94.5 cm³/mol. The van der Waals surface area contributed by atoms with Crippen LogP contribution < -0.4 is 10.0 Å². The van der Waals surface area contributed by atoms with E-state index in [1.807, 2.05) is 24.3 Å². The number of aromatic nitrogens is 2. The minimum Gasteiger partial charge on any atom is -0.324 e. The first-order valence-electron chi connectivity index (χ1n) is 7.29. The molecule has 1 heterocycles. The molecule has 0 atom stereocenters. The van der Waals surface area contributed by atoms with Gasteiger partial charge in [-0.2, -0.15) is 4.72 Å². The van der Waals surface area contributed by atoms with Gasteiger partial charge in [0.05, 0.1) is 22.5 Å². The normalized spacial score (nSPS) is 11.2. The molecule has 1 aromatic heterocycles. The lowest BCUT2D eigenvalue weighted by atomic mass is 10.2. The molecule has 3 rings (SSSR count). The zero-order chi connectivity index (χ0) is 17.9. The number of terminal acetylenes is 1. The number of fused-ring (bicyclic) bond motifs is 1. The van der Waals surface area contributed by atoms with E-state index in [1.54, 1.807) is 0 Å². The van der Waals surface area contributed by atoms with Gasteiger partial charge < -0.3 is 4.98 Å². The topological polar surface area (TPSA) is 104 Å². The number of carbonyl (C=O) groups is 1. The smallest absolute Gasteiger partial charge is 0.257 e. The maximum absolute atomic E-state index is 12.3. The maximum Gasteiger partial charge on any atom is 0.257 e. The van der Waals surface area contributed by atoms with Crippen LogP contribution in [-0.4, -0.2) is 30.8 Å². The number of nitrogens with zero attached hydrogens (tertiary/aromatic N) is 1. The molecule has 0 spiro atoms. The van der Waals surface area contributed by atoms with Crippen LogP contribution in [-0.2, 0) is 10.0 Å². The lowest BCUT2D eigenvalue weighted by Crippen LogP contribution is -2.24. The molecule has 126 valence electrons. The van der Waals surface area contributed by atoms with Crippen molar-refractivity contribution < 1.29 is 13.2 Å². The van der Waals surface area contributed by atoms with E-state index in [1.165, 1.54) is 24.3 Å². The molecular weight excluding hydrogens is 340 g/mol. The quantitative estimate of drug-likeness (QED) is 0.607. The first-order valence-corrected chi connectivity index (χ1v) is 8.77. The highest BCUT2D eigenvalue weighted by Crippen LogP contribution is 2.15. The van der Waals surface area contributed by atoms with Crippen LogP contribution in [0.15, 0.2) is 53.4 Å². The third-order valence-corrected chi connectivity index (χ3v) is 4.83. The van der Waals surface area contributed by atoms with Gasteiger partial charge in [0.2, 0.25) is 16.0 Å². The van der Waals surface area contributed by atoms with Gasteiger partial charge in [0.25, 0.3) is 5.91 Å². The van der Waals surface area contributed by atoms with E-state index in [0.29, 0.717) is 11.5 Å². The zero-order valence-corrected chi connectivity index (χ0v) is 13.8. The average molecular weight is 354 g/mol. The molecule has 0 bridgehead atoms. The highest BCUT2D eigenvalue weighted by atomic mass is 32.2. The SMILES string of the molecule is C#CCNS(=O)(=O)c1ccc(C(=O)Nc2nc3ccccc3[nH]2)cc1. The number of hydrogen-bond acceptors (Lipinski definition) is 4. The summed E-state index contributed by atoms with van der Waals surface area (Å²) in [6.07, 6.45) is 5.04. The van der Waals surface area contributed by atoms with Crippen molar-refractivity contribution in [2.24, 2.45) is 0 Å². The molecule has 0 aliphatic carbocycles. The monoisotopic (exact) mass is 354 g/mol. The van der Waals surface area contributed by atoms with Crippen LogP contribution in [0.3, 0.4) is 0 Å². The molecule has 0 aliphatic rings. The number of aromatic amines is 1. The number of hydrogen-bond donors (Lipinski definition) is 3. The molecule has 0 saturated carbocycles. The van der Waals surface area contributed by atoms with Crippen molar-refractivity contribution in [1.82, 2.24) is 14.7 Å². The highest BCUT2D eigenvalue weighted by Gasteiger charge is 2.14. The number of imidazole rings is 1. The Kier molecular flexibility index (Phi) is 4.52. The minimum absolute atomic E-state index is 0.0306. The van der Waals surface area contributed by atoms with Gasteiger partial charge in [0.1, 0.15) is 0 Å². The van der Waals surface area contributed by atoms with Crippen LogP contribution in [0.5, 0.6) is 0 Å². The van der Waals surface area contributed by atoms with E-state index in [4.69, 9.17) is 6.42 Å². The summed E-state index contributed by atoms with van der Waals surface area (Å²) >= 11 is 0. The number of anilines is 1. The summed E-state index contributed by atoms with van der Waals surface area (Å²) < 4.78 is 26.1. The average Bonchev–Trinajstić information content (AvgIpc) is 3.02. The number of carbonyl (C=O) groups excluding carboxylic acids is 1. The zero-order valence-electron chi connectivity index (χ0n) is 13.0. The molecule has 7 nitrogen and oxygen atoms in total. The molecule has 0 radical (unpaired) electrons. The van der Waals surface area contributed by atoms with E-state index in [9.17, 15) is 13.2 Å². The Morgan fingerprint density at radius 2 is 1.88 bits per heavy atom. The summed E-state index contributed by atoms with van der Waals surface area (Å²) in [6.45, 7) is -0.101. The van der Waals surface area contributed by atoms with Crippen LogP contribution in [0.25, 0.3) is 11.0 Å². The molecule has 3 aromatic rings. The number of nitrogens with one attached hydrogen (secondary N) is 3. The number of para-hydroxylation sites is 2. The van der Waals surface area contributed by atoms with E-state index in [-0.39, 0.29) is 11.4 Å². The molecule has 1 amide bonds. The molecular formula is C17H14N4O3S. The lowest BCUT2D eigenvalue weighted by Gasteiger charge is -2.05. The fourth-order valence-electron chi connectivity index (χ4n) is 2.20. The van der Waals surface area contributed by atoms with Crippen molar-refractivity contribution in [3.63, 3.8) is 0 Å². The van der Waals surface area contributed by atoms with E-state index in [2.05, 4.69) is 25.9 Å². The summed E-state index contributed by atoms with van der Waals surface area (Å²) in [5, 5.41) is 2.64. The molecule has 8 heteroatoms. The molecule has 0 unspecified atom stereocenters. The summed E-state index contributed by atoms with van der Waals surface area (Å²) in [4.78, 5) is 19.5. The fraction of sp³-hybridized carbons (Fsp3) is 0.0588. The number of sulfonamides is 1. The van der Waals surface area contributed by atoms with Crippen molar-refractivity contribution in [3.8, 4) is 12.3 Å². The van der Waals surface area contributed by atoms with Gasteiger partial charge in [-0.05, 0) is 36.4 Å². The highest BCUT2D eigenvalue weighted by molar-refractivity contribution is 7.89. The van der Waals surface area contributed by atoms with Crippen LogP contribution >= 0.6 is 0 Å². The van der Waals surface area contributed by atoms with Crippen molar-refractivity contribution >= 4 is 32.9 Å². The van der Waals surface area contributed by atoms with Gasteiger partial charge in [-0.15, -0.1) is 6.42 Å². The standard InChI is InChI=1S/C17H14N4O3S/c1-2-11-18-25(23,24)13-9-7-12(8-10-13)16(22)21-17-19-14-5-3-4-6-15(14)20-17/h1,3-10,18H,11H2,(H2,19,20,21,22). The molecule has 3 N–H and O–H groups in total. The molecule has 25 heavy (non-hydrogen) atoms. The summed E-state index contributed by atoms with van der Waals surface area (Å²) in [5.74, 6) is 2.11. The molecule has 0 saturated heterocycles. The number of amides is 1. The Balaban J connectivity index is 1.75. The largest absolute Gasteiger partial charge is 0.324 e. The Hall–Kier alpha value is -3.15. The number of H-pyrrole nitrogens is 1. The van der Waals surface area contributed by atoms with Crippen molar-refractivity contribution in [3.05, 3.63) is 54.1 Å².